The van der Waals surface area contributed by atoms with E-state index in [1.165, 1.54) is 15.5 Å². The van der Waals surface area contributed by atoms with Crippen LogP contribution in [0.1, 0.15) is 0 Å². The number of carbonyl (C=O) groups excluding carboxylic acids is 1. The standard InChI is InChI=1S/C12H11N3S.C6H8O6/c13-7-5-6-10-12(11(7)14)15-8-3-1-2-4-9(8)16-10;7-1-2(8)5-3(9)4(10)6(11)12-5/h1-6,15H,13-14H2;2,5,7-10H,1H2/t;2-,5+/m.0/s1. The van der Waals surface area contributed by atoms with Crippen LogP contribution in [0.15, 0.2) is 57.7 Å². The lowest BCUT2D eigenvalue weighted by atomic mass is 10.2. The number of hydrogen-bond acceptors (Lipinski definition) is 9. The van der Waals surface area contributed by atoms with Crippen molar-refractivity contribution in [2.45, 2.75) is 22.0 Å². The highest BCUT2D eigenvalue weighted by Crippen LogP contribution is 2.42. The van der Waals surface area contributed by atoms with Gasteiger partial charge in [0.05, 0.1) is 22.1 Å². The number of anilines is 2. The van der Waals surface area contributed by atoms with Crippen molar-refractivity contribution in [2.75, 3.05) is 18.1 Å². The fourth-order valence-electron chi connectivity index (χ4n) is 2.65. The molecule has 0 spiro atoms. The van der Waals surface area contributed by atoms with Gasteiger partial charge in [0.1, 0.15) is 23.2 Å². The largest absolute Gasteiger partial charge is 0.865 e. The number of aliphatic hydroxyl groups excluding tert-OH is 3. The molecule has 0 fully saturated rings. The predicted molar refractivity (Wildman–Crippen MR) is 99.7 cm³/mol. The molecule has 2 heterocycles. The van der Waals surface area contributed by atoms with Gasteiger partial charge in [0.25, 0.3) is 0 Å². The second kappa shape index (κ2) is 7.98. The van der Waals surface area contributed by atoms with Crippen LogP contribution in [0.3, 0.4) is 0 Å². The summed E-state index contributed by atoms with van der Waals surface area (Å²) in [6.45, 7) is -0.699. The third kappa shape index (κ3) is 3.71. The smallest absolute Gasteiger partial charge is 0.327 e. The van der Waals surface area contributed by atoms with Crippen LogP contribution in [0.25, 0.3) is 0 Å². The Morgan fingerprint density at radius 1 is 1.21 bits per heavy atom. The van der Waals surface area contributed by atoms with Gasteiger partial charge in [0.15, 0.2) is 11.8 Å². The van der Waals surface area contributed by atoms with Gasteiger partial charge in [0, 0.05) is 11.8 Å². The number of cyclic esters (lactones) is 1. The topological polar surface area (TPSA) is 179 Å². The van der Waals surface area contributed by atoms with E-state index < -0.39 is 36.3 Å². The molecule has 148 valence electrons. The molecule has 2 aliphatic rings. The number of nitrogens with two attached hydrogens (primary N) is 3. The van der Waals surface area contributed by atoms with Crippen LogP contribution in [0.2, 0.25) is 0 Å². The molecule has 0 saturated heterocycles. The second-order valence-corrected chi connectivity index (χ2v) is 7.14. The Labute approximate surface area is 164 Å². The quantitative estimate of drug-likeness (QED) is 0.236. The maximum Gasteiger partial charge on any atom is 0.327 e. The Balaban J connectivity index is 0.000000169. The van der Waals surface area contributed by atoms with Crippen molar-refractivity contribution in [2.24, 2.45) is 0 Å². The summed E-state index contributed by atoms with van der Waals surface area (Å²) in [4.78, 5) is 12.9. The number of rotatable bonds is 2. The number of aliphatic hydroxyl groups is 3. The van der Waals surface area contributed by atoms with Gasteiger partial charge in [-0.05, 0) is 18.2 Å². The molecule has 2 aromatic carbocycles. The molecule has 0 saturated carbocycles. The summed E-state index contributed by atoms with van der Waals surface area (Å²) in [5, 5.41) is 38.9. The molecule has 0 aromatic heterocycles. The number of nitrogen functional groups attached to an aromatic ring is 2. The van der Waals surface area contributed by atoms with Crippen molar-refractivity contribution in [3.05, 3.63) is 47.9 Å². The van der Waals surface area contributed by atoms with Crippen LogP contribution in [0.4, 0.5) is 22.7 Å². The molecule has 4 rings (SSSR count). The summed E-state index contributed by atoms with van der Waals surface area (Å²) in [7, 11) is 0. The van der Waals surface area contributed by atoms with Crippen molar-refractivity contribution in [3.8, 4) is 0 Å². The minimum atomic E-state index is -1.46. The Kier molecular flexibility index (Phi) is 5.66. The summed E-state index contributed by atoms with van der Waals surface area (Å²) in [5.74, 6) is -3.25. The van der Waals surface area contributed by atoms with Gasteiger partial charge in [-0.3, -0.25) is 5.32 Å². The average molecular weight is 405 g/mol. The maximum absolute atomic E-state index is 10.6. The molecule has 28 heavy (non-hydrogen) atoms. The minimum Gasteiger partial charge on any atom is -0.865 e. The molecule has 0 aliphatic carbocycles. The van der Waals surface area contributed by atoms with Crippen LogP contribution in [0, 0.1) is 0 Å². The van der Waals surface area contributed by atoms with Crippen molar-refractivity contribution < 1.29 is 35.3 Å². The number of quaternary nitrogens is 1. The van der Waals surface area contributed by atoms with E-state index in [1.54, 1.807) is 11.8 Å². The number of ether oxygens (including phenoxy) is 1. The van der Waals surface area contributed by atoms with Crippen LogP contribution in [-0.2, 0) is 9.53 Å². The van der Waals surface area contributed by atoms with Crippen molar-refractivity contribution in [1.29, 1.82) is 0 Å². The monoisotopic (exact) mass is 405 g/mol. The molecule has 0 bridgehead atoms. The molecule has 10 heteroatoms. The minimum absolute atomic E-state index is 0.648. The Morgan fingerprint density at radius 2 is 1.93 bits per heavy atom. The molecular weight excluding hydrogens is 386 g/mol. The lowest BCUT2D eigenvalue weighted by molar-refractivity contribution is -0.484. The summed E-state index contributed by atoms with van der Waals surface area (Å²) in [6, 6.07) is 12.2. The van der Waals surface area contributed by atoms with Crippen molar-refractivity contribution in [1.82, 2.24) is 0 Å². The lowest BCUT2D eigenvalue weighted by Gasteiger charge is -2.17. The second-order valence-electron chi connectivity index (χ2n) is 6.05. The van der Waals surface area contributed by atoms with Crippen LogP contribution in [0.5, 0.6) is 0 Å². The molecule has 0 unspecified atom stereocenters. The highest BCUT2D eigenvalue weighted by atomic mass is 32.2. The van der Waals surface area contributed by atoms with E-state index in [0.29, 0.717) is 11.4 Å². The van der Waals surface area contributed by atoms with E-state index in [2.05, 4.69) is 22.2 Å². The van der Waals surface area contributed by atoms with E-state index >= 15 is 0 Å². The average Bonchev–Trinajstić information content (AvgIpc) is 2.97. The highest BCUT2D eigenvalue weighted by molar-refractivity contribution is 7.99. The van der Waals surface area contributed by atoms with E-state index in [0.717, 1.165) is 5.69 Å². The summed E-state index contributed by atoms with van der Waals surface area (Å²) >= 11 is 1.74. The van der Waals surface area contributed by atoms with Gasteiger partial charge in [-0.2, -0.15) is 0 Å². The molecule has 2 aromatic rings. The zero-order chi connectivity index (χ0) is 20.4. The number of esters is 1. The number of benzene rings is 2. The predicted octanol–water partition coefficient (Wildman–Crippen LogP) is -0.763. The van der Waals surface area contributed by atoms with Crippen LogP contribution >= 0.6 is 11.8 Å². The SMILES string of the molecule is Nc1ccc2c(c1N)[NH2+]c1ccccc1S2.O=C1O[C@H]([C@@H](O)CO)C(O)=C1[O-]. The molecule has 9 nitrogen and oxygen atoms in total. The molecular formula is C18H19N3O6S. The van der Waals surface area contributed by atoms with Gasteiger partial charge in [-0.1, -0.05) is 23.9 Å². The lowest BCUT2D eigenvalue weighted by Crippen LogP contribution is -2.72. The van der Waals surface area contributed by atoms with E-state index in [1.807, 2.05) is 24.3 Å². The zero-order valence-electron chi connectivity index (χ0n) is 14.5. The van der Waals surface area contributed by atoms with Crippen molar-refractivity contribution >= 4 is 40.5 Å². The summed E-state index contributed by atoms with van der Waals surface area (Å²) in [5.41, 5.74) is 15.4. The first-order valence-electron chi connectivity index (χ1n) is 8.23. The fourth-order valence-corrected chi connectivity index (χ4v) is 3.70. The first-order valence-corrected chi connectivity index (χ1v) is 9.04. The maximum atomic E-state index is 10.6. The number of para-hydroxylation sites is 1. The molecule has 2 atom stereocenters. The normalized spacial score (nSPS) is 18.5. The molecule has 2 aliphatic heterocycles. The van der Waals surface area contributed by atoms with Crippen LogP contribution < -0.4 is 21.9 Å². The summed E-state index contributed by atoms with van der Waals surface area (Å²) in [6.07, 6.45) is -2.88. The fraction of sp³-hybridized carbons (Fsp3) is 0.167. The Morgan fingerprint density at radius 3 is 2.57 bits per heavy atom. The molecule has 0 amide bonds. The van der Waals surface area contributed by atoms with E-state index in [4.69, 9.17) is 26.8 Å². The molecule has 0 radical (unpaired) electrons. The van der Waals surface area contributed by atoms with Gasteiger partial charge in [-0.25, -0.2) is 4.79 Å². The van der Waals surface area contributed by atoms with Gasteiger partial charge in [-0.15, -0.1) is 0 Å². The molecule has 9 N–H and O–H groups in total. The Bertz CT molecular complexity index is 949. The van der Waals surface area contributed by atoms with E-state index in [-0.39, 0.29) is 0 Å². The van der Waals surface area contributed by atoms with Gasteiger partial charge < -0.3 is 36.6 Å². The number of hydrogen-bond donors (Lipinski definition) is 6. The zero-order valence-corrected chi connectivity index (χ0v) is 15.3. The first kappa shape index (κ1) is 19.8. The van der Waals surface area contributed by atoms with E-state index in [9.17, 15) is 9.90 Å². The van der Waals surface area contributed by atoms with Gasteiger partial charge in [0.2, 0.25) is 0 Å². The first-order chi connectivity index (χ1) is 13.3. The summed E-state index contributed by atoms with van der Waals surface area (Å²) < 4.78 is 4.25. The van der Waals surface area contributed by atoms with Crippen LogP contribution in [-0.4, -0.2) is 40.1 Å². The third-order valence-corrected chi connectivity index (χ3v) is 5.35. The van der Waals surface area contributed by atoms with Gasteiger partial charge >= 0.3 is 5.97 Å². The number of carbonyl (C=O) groups is 1. The third-order valence-electron chi connectivity index (χ3n) is 4.18. The van der Waals surface area contributed by atoms with Crippen molar-refractivity contribution in [3.63, 3.8) is 0 Å². The highest BCUT2D eigenvalue weighted by Gasteiger charge is 2.34. The number of fused-ring (bicyclic) bond motifs is 2. The Hall–Kier alpha value is -2.92.